The van der Waals surface area contributed by atoms with Gasteiger partial charge >= 0.3 is 0 Å². The van der Waals surface area contributed by atoms with Crippen LogP contribution in [-0.4, -0.2) is 26.0 Å². The number of para-hydroxylation sites is 1. The third-order valence-corrected chi connectivity index (χ3v) is 3.66. The highest BCUT2D eigenvalue weighted by Crippen LogP contribution is 2.30. The molecule has 0 heterocycles. The molecule has 0 atom stereocenters. The molecule has 0 aliphatic rings. The predicted octanol–water partition coefficient (Wildman–Crippen LogP) is 2.29. The number of hydrogen-bond acceptors (Lipinski definition) is 4. The minimum atomic E-state index is -0.590. The van der Waals surface area contributed by atoms with Crippen molar-refractivity contribution in [2.45, 2.75) is 13.3 Å². The van der Waals surface area contributed by atoms with E-state index in [0.29, 0.717) is 17.2 Å². The lowest BCUT2D eigenvalue weighted by molar-refractivity contribution is -0.115. The Kier molecular flexibility index (Phi) is 5.42. The summed E-state index contributed by atoms with van der Waals surface area (Å²) in [5.41, 5.74) is 7.70. The van der Waals surface area contributed by atoms with E-state index in [1.54, 1.807) is 44.6 Å². The number of anilines is 1. The Balaban J connectivity index is 2.20. The van der Waals surface area contributed by atoms with Gasteiger partial charge in [0.2, 0.25) is 5.91 Å². The Morgan fingerprint density at radius 1 is 1.08 bits per heavy atom. The fraction of sp³-hybridized carbons (Fsp3) is 0.222. The lowest BCUT2D eigenvalue weighted by Gasteiger charge is -2.13. The number of amides is 2. The molecule has 0 saturated carbocycles. The van der Waals surface area contributed by atoms with Gasteiger partial charge in [0, 0.05) is 0 Å². The second-order valence-electron chi connectivity index (χ2n) is 5.27. The molecule has 2 amide bonds. The van der Waals surface area contributed by atoms with Gasteiger partial charge in [-0.3, -0.25) is 9.59 Å². The molecule has 6 nitrogen and oxygen atoms in total. The Hall–Kier alpha value is -3.02. The van der Waals surface area contributed by atoms with Crippen molar-refractivity contribution in [3.8, 4) is 11.5 Å². The molecule has 6 heteroatoms. The molecule has 3 N–H and O–H groups in total. The quantitative estimate of drug-likeness (QED) is 0.851. The number of benzene rings is 2. The van der Waals surface area contributed by atoms with Gasteiger partial charge in [0.15, 0.2) is 11.5 Å². The summed E-state index contributed by atoms with van der Waals surface area (Å²) < 4.78 is 10.5. The Bertz CT molecular complexity index is 772. The van der Waals surface area contributed by atoms with Gasteiger partial charge in [0.05, 0.1) is 31.9 Å². The molecule has 126 valence electrons. The van der Waals surface area contributed by atoms with E-state index >= 15 is 0 Å². The van der Waals surface area contributed by atoms with E-state index in [1.807, 2.05) is 13.0 Å². The van der Waals surface area contributed by atoms with Crippen LogP contribution in [0.2, 0.25) is 0 Å². The van der Waals surface area contributed by atoms with Crippen molar-refractivity contribution >= 4 is 17.5 Å². The van der Waals surface area contributed by atoms with E-state index in [1.165, 1.54) is 0 Å². The Morgan fingerprint density at radius 3 is 2.33 bits per heavy atom. The predicted molar refractivity (Wildman–Crippen MR) is 91.6 cm³/mol. The summed E-state index contributed by atoms with van der Waals surface area (Å²) in [4.78, 5) is 23.7. The maximum Gasteiger partial charge on any atom is 0.250 e. The summed E-state index contributed by atoms with van der Waals surface area (Å²) in [7, 11) is 3.10. The zero-order chi connectivity index (χ0) is 17.7. The lowest BCUT2D eigenvalue weighted by Crippen LogP contribution is -2.19. The molecule has 0 fully saturated rings. The molecule has 0 aliphatic heterocycles. The zero-order valence-electron chi connectivity index (χ0n) is 13.9. The highest BCUT2D eigenvalue weighted by Gasteiger charge is 2.14. The van der Waals surface area contributed by atoms with Gasteiger partial charge in [-0.15, -0.1) is 0 Å². The van der Waals surface area contributed by atoms with Gasteiger partial charge in [0.25, 0.3) is 5.91 Å². The van der Waals surface area contributed by atoms with Crippen molar-refractivity contribution in [3.63, 3.8) is 0 Å². The van der Waals surface area contributed by atoms with Crippen LogP contribution < -0.4 is 20.5 Å². The van der Waals surface area contributed by atoms with Gasteiger partial charge in [-0.25, -0.2) is 0 Å². The number of rotatable bonds is 6. The maximum atomic E-state index is 12.3. The van der Waals surface area contributed by atoms with Crippen LogP contribution in [-0.2, 0) is 11.2 Å². The van der Waals surface area contributed by atoms with Crippen LogP contribution >= 0.6 is 0 Å². The molecule has 0 aromatic heterocycles. The average molecular weight is 328 g/mol. The van der Waals surface area contributed by atoms with Crippen LogP contribution in [0.5, 0.6) is 11.5 Å². The minimum Gasteiger partial charge on any atom is -0.493 e. The summed E-state index contributed by atoms with van der Waals surface area (Å²) in [6.07, 6.45) is 0.138. The molecule has 2 aromatic rings. The van der Waals surface area contributed by atoms with Crippen molar-refractivity contribution in [3.05, 3.63) is 53.1 Å². The second-order valence-corrected chi connectivity index (χ2v) is 5.27. The van der Waals surface area contributed by atoms with Crippen molar-refractivity contribution in [2.24, 2.45) is 5.73 Å². The van der Waals surface area contributed by atoms with E-state index in [4.69, 9.17) is 15.2 Å². The number of carbonyl (C=O) groups is 2. The summed E-state index contributed by atoms with van der Waals surface area (Å²) >= 11 is 0. The number of aryl methyl sites for hydroxylation is 1. The molecule has 0 saturated heterocycles. The number of carbonyl (C=O) groups excluding carboxylic acids is 2. The number of nitrogens with two attached hydrogens (primary N) is 1. The normalized spacial score (nSPS) is 10.1. The Morgan fingerprint density at radius 2 is 1.71 bits per heavy atom. The van der Waals surface area contributed by atoms with Crippen LogP contribution in [0.15, 0.2) is 36.4 Å². The van der Waals surface area contributed by atoms with E-state index in [9.17, 15) is 9.59 Å². The number of nitrogens with one attached hydrogen (secondary N) is 1. The standard InChI is InChI=1S/C18H20N2O4/c1-11-8-15(23-2)16(24-3)9-12(11)10-17(21)20-14-7-5-4-6-13(14)18(19)22/h4-9H,10H2,1-3H3,(H2,19,22)(H,20,21). The van der Waals surface area contributed by atoms with E-state index in [0.717, 1.165) is 11.1 Å². The number of hydrogen-bond donors (Lipinski definition) is 2. The molecule has 0 spiro atoms. The largest absolute Gasteiger partial charge is 0.493 e. The number of primary amides is 1. The van der Waals surface area contributed by atoms with Crippen LogP contribution in [0.3, 0.4) is 0 Å². The first-order chi connectivity index (χ1) is 11.5. The van der Waals surface area contributed by atoms with Gasteiger partial charge in [0.1, 0.15) is 0 Å². The molecule has 0 aliphatic carbocycles. The van der Waals surface area contributed by atoms with Crippen molar-refractivity contribution in [1.82, 2.24) is 0 Å². The maximum absolute atomic E-state index is 12.3. The molecule has 2 rings (SSSR count). The van der Waals surface area contributed by atoms with Gasteiger partial charge in [-0.05, 0) is 42.3 Å². The zero-order valence-corrected chi connectivity index (χ0v) is 13.9. The van der Waals surface area contributed by atoms with Crippen molar-refractivity contribution in [1.29, 1.82) is 0 Å². The molecular formula is C18H20N2O4. The third kappa shape index (κ3) is 3.84. The first kappa shape index (κ1) is 17.3. The minimum absolute atomic E-state index is 0.138. The van der Waals surface area contributed by atoms with Crippen molar-refractivity contribution in [2.75, 3.05) is 19.5 Å². The van der Waals surface area contributed by atoms with Crippen LogP contribution in [0, 0.1) is 6.92 Å². The second kappa shape index (κ2) is 7.50. The Labute approximate surface area is 140 Å². The van der Waals surface area contributed by atoms with Gasteiger partial charge < -0.3 is 20.5 Å². The van der Waals surface area contributed by atoms with Crippen LogP contribution in [0.1, 0.15) is 21.5 Å². The van der Waals surface area contributed by atoms with Crippen molar-refractivity contribution < 1.29 is 19.1 Å². The molecule has 0 radical (unpaired) electrons. The van der Waals surface area contributed by atoms with E-state index in [2.05, 4.69) is 5.32 Å². The topological polar surface area (TPSA) is 90.6 Å². The number of methoxy groups -OCH3 is 2. The van der Waals surface area contributed by atoms with E-state index in [-0.39, 0.29) is 17.9 Å². The summed E-state index contributed by atoms with van der Waals surface area (Å²) in [5, 5.41) is 2.72. The monoisotopic (exact) mass is 328 g/mol. The molecule has 0 unspecified atom stereocenters. The highest BCUT2D eigenvalue weighted by molar-refractivity contribution is 6.03. The number of ether oxygens (including phenoxy) is 2. The first-order valence-corrected chi connectivity index (χ1v) is 7.36. The third-order valence-electron chi connectivity index (χ3n) is 3.66. The lowest BCUT2D eigenvalue weighted by atomic mass is 10.0. The van der Waals surface area contributed by atoms with Gasteiger partial charge in [-0.1, -0.05) is 12.1 Å². The highest BCUT2D eigenvalue weighted by atomic mass is 16.5. The molecule has 0 bridgehead atoms. The SMILES string of the molecule is COc1cc(C)c(CC(=O)Nc2ccccc2C(N)=O)cc1OC. The summed E-state index contributed by atoms with van der Waals surface area (Å²) in [6.45, 7) is 1.89. The smallest absolute Gasteiger partial charge is 0.250 e. The molecule has 24 heavy (non-hydrogen) atoms. The van der Waals surface area contributed by atoms with Crippen LogP contribution in [0.25, 0.3) is 0 Å². The molecule has 2 aromatic carbocycles. The fourth-order valence-electron chi connectivity index (χ4n) is 2.39. The first-order valence-electron chi connectivity index (χ1n) is 7.36. The van der Waals surface area contributed by atoms with Gasteiger partial charge in [-0.2, -0.15) is 0 Å². The average Bonchev–Trinajstić information content (AvgIpc) is 2.56. The summed E-state index contributed by atoms with van der Waals surface area (Å²) in [5.74, 6) is 0.328. The molecular weight excluding hydrogens is 308 g/mol. The van der Waals surface area contributed by atoms with Crippen LogP contribution in [0.4, 0.5) is 5.69 Å². The van der Waals surface area contributed by atoms with E-state index < -0.39 is 5.91 Å². The fourth-order valence-corrected chi connectivity index (χ4v) is 2.39. The summed E-state index contributed by atoms with van der Waals surface area (Å²) in [6, 6.07) is 10.2.